The summed E-state index contributed by atoms with van der Waals surface area (Å²) in [7, 11) is 0. The highest BCUT2D eigenvalue weighted by atomic mass is 16.5. The van der Waals surface area contributed by atoms with Gasteiger partial charge in [-0.15, -0.1) is 0 Å². The number of esters is 1. The van der Waals surface area contributed by atoms with Gasteiger partial charge in [0.05, 0.1) is 0 Å². The summed E-state index contributed by atoms with van der Waals surface area (Å²) in [6.07, 6.45) is 0.213. The van der Waals surface area contributed by atoms with E-state index in [1.54, 1.807) is 43.3 Å². The number of rotatable bonds is 8. The second kappa shape index (κ2) is 9.36. The first-order chi connectivity index (χ1) is 15.9. The Kier molecular flexibility index (Phi) is 6.36. The van der Waals surface area contributed by atoms with Crippen molar-refractivity contribution in [2.24, 2.45) is 0 Å². The van der Waals surface area contributed by atoms with Crippen LogP contribution in [0.4, 0.5) is 0 Å². The molecule has 1 aliphatic heterocycles. The molecule has 0 fully saturated rings. The molecule has 0 aliphatic carbocycles. The minimum absolute atomic E-state index is 0.00466. The molecule has 0 saturated heterocycles. The number of Topliss-reactive ketones (excluding diaryl/α,β-unsaturated/α-hetero) is 1. The summed E-state index contributed by atoms with van der Waals surface area (Å²) in [6.45, 7) is 3.67. The van der Waals surface area contributed by atoms with E-state index < -0.39 is 12.1 Å². The van der Waals surface area contributed by atoms with E-state index in [1.807, 2.05) is 31.2 Å². The van der Waals surface area contributed by atoms with Gasteiger partial charge in [-0.25, -0.2) is 0 Å². The number of benzene rings is 3. The number of imide groups is 1. The van der Waals surface area contributed by atoms with Crippen LogP contribution >= 0.6 is 0 Å². The zero-order valence-corrected chi connectivity index (χ0v) is 18.7. The zero-order chi connectivity index (χ0) is 23.5. The minimum atomic E-state index is -0.910. The third kappa shape index (κ3) is 4.42. The average Bonchev–Trinajstić information content (AvgIpc) is 2.84. The number of ether oxygens (including phenoxy) is 1. The van der Waals surface area contributed by atoms with E-state index in [9.17, 15) is 19.2 Å². The fraction of sp³-hybridized carbons (Fsp3) is 0.259. The lowest BCUT2D eigenvalue weighted by molar-refractivity contribution is -0.146. The van der Waals surface area contributed by atoms with Crippen molar-refractivity contribution < 1.29 is 23.9 Å². The molecular formula is C27H25NO5. The molecule has 1 heterocycles. The van der Waals surface area contributed by atoms with E-state index in [2.05, 4.69) is 0 Å². The summed E-state index contributed by atoms with van der Waals surface area (Å²) in [5.74, 6) is -1.54. The molecule has 0 spiro atoms. The Labute approximate surface area is 192 Å². The van der Waals surface area contributed by atoms with Crippen LogP contribution in [-0.2, 0) is 16.0 Å². The molecule has 1 unspecified atom stereocenters. The van der Waals surface area contributed by atoms with Gasteiger partial charge in [-0.05, 0) is 42.8 Å². The Bertz CT molecular complexity index is 1190. The number of ketones is 1. The Hall–Kier alpha value is -3.80. The molecule has 33 heavy (non-hydrogen) atoms. The number of aryl methyl sites for hydroxylation is 1. The van der Waals surface area contributed by atoms with Crippen LogP contribution in [0, 0.1) is 0 Å². The Balaban J connectivity index is 1.34. The van der Waals surface area contributed by atoms with Crippen LogP contribution in [0.2, 0.25) is 0 Å². The molecule has 3 aromatic rings. The third-order valence-corrected chi connectivity index (χ3v) is 5.94. The van der Waals surface area contributed by atoms with Crippen LogP contribution < -0.4 is 0 Å². The van der Waals surface area contributed by atoms with Crippen LogP contribution in [0.3, 0.4) is 0 Å². The quantitative estimate of drug-likeness (QED) is 0.289. The standard InChI is InChI=1S/C27H25NO5/c1-3-18-12-14-20(15-13-18)25(30)17(2)33-23(29)11-6-16-28-26(31)21-9-4-7-19-8-5-10-22(24(19)21)27(28)32/h4-5,7-10,12-15,17H,3,6,11,16H2,1-2H3. The molecule has 168 valence electrons. The smallest absolute Gasteiger partial charge is 0.306 e. The predicted octanol–water partition coefficient (Wildman–Crippen LogP) is 4.59. The van der Waals surface area contributed by atoms with Crippen molar-refractivity contribution in [3.63, 3.8) is 0 Å². The van der Waals surface area contributed by atoms with Crippen LogP contribution in [0.1, 0.15) is 63.3 Å². The number of hydrogen-bond donors (Lipinski definition) is 0. The molecule has 3 aromatic carbocycles. The normalized spacial score (nSPS) is 13.8. The van der Waals surface area contributed by atoms with Crippen molar-refractivity contribution in [2.75, 3.05) is 6.54 Å². The first-order valence-electron chi connectivity index (χ1n) is 11.1. The van der Waals surface area contributed by atoms with Crippen LogP contribution in [0.15, 0.2) is 60.7 Å². The molecule has 0 radical (unpaired) electrons. The van der Waals surface area contributed by atoms with E-state index in [0.29, 0.717) is 22.1 Å². The van der Waals surface area contributed by atoms with Crippen molar-refractivity contribution in [3.05, 3.63) is 82.9 Å². The average molecular weight is 443 g/mol. The van der Waals surface area contributed by atoms with E-state index in [0.717, 1.165) is 17.4 Å². The Morgan fingerprint density at radius 1 is 0.909 bits per heavy atom. The first kappa shape index (κ1) is 22.4. The molecule has 1 aliphatic rings. The lowest BCUT2D eigenvalue weighted by atomic mass is 9.94. The van der Waals surface area contributed by atoms with E-state index in [-0.39, 0.29) is 37.0 Å². The van der Waals surface area contributed by atoms with Gasteiger partial charge in [0, 0.05) is 35.0 Å². The van der Waals surface area contributed by atoms with Gasteiger partial charge in [-0.2, -0.15) is 0 Å². The maximum absolute atomic E-state index is 12.9. The van der Waals surface area contributed by atoms with Gasteiger partial charge >= 0.3 is 5.97 Å². The molecule has 1 atom stereocenters. The fourth-order valence-electron chi connectivity index (χ4n) is 4.11. The van der Waals surface area contributed by atoms with Gasteiger partial charge in [-0.1, -0.05) is 55.5 Å². The Morgan fingerprint density at radius 2 is 1.52 bits per heavy atom. The van der Waals surface area contributed by atoms with Crippen LogP contribution in [-0.4, -0.2) is 41.1 Å². The highest BCUT2D eigenvalue weighted by Gasteiger charge is 2.32. The summed E-state index contributed by atoms with van der Waals surface area (Å²) in [6, 6.07) is 18.0. The van der Waals surface area contributed by atoms with Gasteiger partial charge in [0.25, 0.3) is 11.8 Å². The summed E-state index contributed by atoms with van der Waals surface area (Å²) >= 11 is 0. The summed E-state index contributed by atoms with van der Waals surface area (Å²) < 4.78 is 5.29. The topological polar surface area (TPSA) is 80.8 Å². The number of carbonyl (C=O) groups excluding carboxylic acids is 4. The molecule has 6 heteroatoms. The van der Waals surface area contributed by atoms with E-state index in [1.165, 1.54) is 4.90 Å². The fourth-order valence-corrected chi connectivity index (χ4v) is 4.11. The summed E-state index contributed by atoms with van der Waals surface area (Å²) in [5, 5.41) is 1.52. The van der Waals surface area contributed by atoms with Gasteiger partial charge < -0.3 is 4.74 Å². The summed E-state index contributed by atoms with van der Waals surface area (Å²) in [5.41, 5.74) is 2.58. The SMILES string of the molecule is CCc1ccc(C(=O)C(C)OC(=O)CCCN2C(=O)c3cccc4cccc(c34)C2=O)cc1. The molecule has 4 rings (SSSR count). The van der Waals surface area contributed by atoms with Crippen LogP contribution in [0.5, 0.6) is 0 Å². The predicted molar refractivity (Wildman–Crippen MR) is 124 cm³/mol. The maximum Gasteiger partial charge on any atom is 0.306 e. The highest BCUT2D eigenvalue weighted by molar-refractivity contribution is 6.25. The van der Waals surface area contributed by atoms with Crippen molar-refractivity contribution >= 4 is 34.3 Å². The molecule has 2 amide bonds. The molecule has 0 N–H and O–H groups in total. The number of amides is 2. The van der Waals surface area contributed by atoms with E-state index >= 15 is 0 Å². The first-order valence-corrected chi connectivity index (χ1v) is 11.1. The second-order valence-corrected chi connectivity index (χ2v) is 8.12. The lowest BCUT2D eigenvalue weighted by Crippen LogP contribution is -2.41. The monoisotopic (exact) mass is 443 g/mol. The van der Waals surface area contributed by atoms with Gasteiger partial charge in [0.1, 0.15) is 0 Å². The zero-order valence-electron chi connectivity index (χ0n) is 18.7. The van der Waals surface area contributed by atoms with Crippen molar-refractivity contribution in [1.29, 1.82) is 0 Å². The molecule has 6 nitrogen and oxygen atoms in total. The molecule has 0 saturated carbocycles. The largest absolute Gasteiger partial charge is 0.454 e. The molecular weight excluding hydrogens is 418 g/mol. The van der Waals surface area contributed by atoms with Gasteiger partial charge in [0.15, 0.2) is 6.10 Å². The van der Waals surface area contributed by atoms with Gasteiger partial charge in [-0.3, -0.25) is 24.1 Å². The molecule has 0 aromatic heterocycles. The van der Waals surface area contributed by atoms with E-state index in [4.69, 9.17) is 4.74 Å². The van der Waals surface area contributed by atoms with Crippen LogP contribution in [0.25, 0.3) is 10.8 Å². The minimum Gasteiger partial charge on any atom is -0.454 e. The number of nitrogens with zero attached hydrogens (tertiary/aromatic N) is 1. The maximum atomic E-state index is 12.9. The van der Waals surface area contributed by atoms with Gasteiger partial charge in [0.2, 0.25) is 5.78 Å². The number of carbonyl (C=O) groups is 4. The number of hydrogen-bond acceptors (Lipinski definition) is 5. The molecule has 0 bridgehead atoms. The van der Waals surface area contributed by atoms with Crippen molar-refractivity contribution in [3.8, 4) is 0 Å². The third-order valence-electron chi connectivity index (χ3n) is 5.94. The van der Waals surface area contributed by atoms with Crippen molar-refractivity contribution in [2.45, 2.75) is 39.2 Å². The lowest BCUT2D eigenvalue weighted by Gasteiger charge is -2.27. The Morgan fingerprint density at radius 3 is 2.09 bits per heavy atom. The second-order valence-electron chi connectivity index (χ2n) is 8.12. The van der Waals surface area contributed by atoms with Crippen molar-refractivity contribution in [1.82, 2.24) is 4.90 Å². The highest BCUT2D eigenvalue weighted by Crippen LogP contribution is 2.30. The summed E-state index contributed by atoms with van der Waals surface area (Å²) in [4.78, 5) is 51.8.